The second-order valence-corrected chi connectivity index (χ2v) is 7.84. The molecular formula is C26H33N3O4. The normalized spacial score (nSPS) is 13.8. The van der Waals surface area contributed by atoms with Crippen LogP contribution >= 0.6 is 0 Å². The molecule has 0 saturated carbocycles. The van der Waals surface area contributed by atoms with Crippen molar-refractivity contribution < 1.29 is 19.1 Å². The van der Waals surface area contributed by atoms with Crippen LogP contribution < -0.4 is 19.7 Å². The van der Waals surface area contributed by atoms with Crippen LogP contribution in [0.3, 0.4) is 0 Å². The average Bonchev–Trinajstić information content (AvgIpc) is 2.87. The molecular weight excluding hydrogens is 418 g/mol. The molecule has 1 fully saturated rings. The van der Waals surface area contributed by atoms with Crippen LogP contribution in [0.5, 0.6) is 11.5 Å². The van der Waals surface area contributed by atoms with Gasteiger partial charge in [0.2, 0.25) is 11.8 Å². The first-order valence-corrected chi connectivity index (χ1v) is 11.4. The van der Waals surface area contributed by atoms with E-state index in [0.29, 0.717) is 44.2 Å². The number of ether oxygens (including phenoxy) is 2. The predicted octanol–water partition coefficient (Wildman–Crippen LogP) is 3.35. The third-order valence-electron chi connectivity index (χ3n) is 5.47. The number of rotatable bonds is 10. The Kier molecular flexibility index (Phi) is 9.18. The second kappa shape index (κ2) is 12.5. The number of nitrogens with zero attached hydrogens (tertiary/aromatic N) is 2. The van der Waals surface area contributed by atoms with Gasteiger partial charge in [0.15, 0.2) is 11.5 Å². The average molecular weight is 452 g/mol. The van der Waals surface area contributed by atoms with Crippen molar-refractivity contribution in [3.63, 3.8) is 0 Å². The number of anilines is 1. The molecule has 7 nitrogen and oxygen atoms in total. The van der Waals surface area contributed by atoms with E-state index in [0.717, 1.165) is 25.1 Å². The van der Waals surface area contributed by atoms with Crippen LogP contribution in [0.1, 0.15) is 25.3 Å². The fourth-order valence-electron chi connectivity index (χ4n) is 3.65. The molecule has 33 heavy (non-hydrogen) atoms. The molecule has 0 aliphatic carbocycles. The van der Waals surface area contributed by atoms with Gasteiger partial charge in [0.25, 0.3) is 0 Å². The van der Waals surface area contributed by atoms with E-state index in [-0.39, 0.29) is 11.8 Å². The first-order valence-electron chi connectivity index (χ1n) is 11.4. The highest BCUT2D eigenvalue weighted by molar-refractivity contribution is 5.92. The summed E-state index contributed by atoms with van der Waals surface area (Å²) < 4.78 is 11.0. The Hall–Kier alpha value is -3.48. The topological polar surface area (TPSA) is 71.1 Å². The Bertz CT molecular complexity index is 938. The summed E-state index contributed by atoms with van der Waals surface area (Å²) in [5.41, 5.74) is 2.02. The highest BCUT2D eigenvalue weighted by Gasteiger charge is 2.20. The summed E-state index contributed by atoms with van der Waals surface area (Å²) in [6.45, 7) is 6.00. The van der Waals surface area contributed by atoms with Gasteiger partial charge in [-0.3, -0.25) is 9.59 Å². The van der Waals surface area contributed by atoms with Gasteiger partial charge in [-0.05, 0) is 42.3 Å². The summed E-state index contributed by atoms with van der Waals surface area (Å²) in [6, 6.07) is 15.8. The van der Waals surface area contributed by atoms with Gasteiger partial charge in [-0.1, -0.05) is 31.2 Å². The van der Waals surface area contributed by atoms with Gasteiger partial charge >= 0.3 is 0 Å². The number of benzene rings is 2. The zero-order valence-corrected chi connectivity index (χ0v) is 19.5. The Morgan fingerprint density at radius 1 is 1.03 bits per heavy atom. The van der Waals surface area contributed by atoms with Crippen molar-refractivity contribution >= 4 is 23.6 Å². The quantitative estimate of drug-likeness (QED) is 0.561. The van der Waals surface area contributed by atoms with Gasteiger partial charge in [-0.25, -0.2) is 0 Å². The van der Waals surface area contributed by atoms with Crippen LogP contribution in [0.25, 0.3) is 6.08 Å². The zero-order chi connectivity index (χ0) is 23.5. The summed E-state index contributed by atoms with van der Waals surface area (Å²) in [5.74, 6) is 1.15. The molecule has 0 aromatic heterocycles. The van der Waals surface area contributed by atoms with E-state index in [4.69, 9.17) is 9.47 Å². The Labute approximate surface area is 196 Å². The fourth-order valence-corrected chi connectivity index (χ4v) is 3.65. The van der Waals surface area contributed by atoms with Crippen molar-refractivity contribution in [3.8, 4) is 11.5 Å². The minimum absolute atomic E-state index is 0.0689. The smallest absolute Gasteiger partial charge is 0.244 e. The van der Waals surface area contributed by atoms with Crippen molar-refractivity contribution in [3.05, 3.63) is 60.2 Å². The first-order chi connectivity index (χ1) is 16.1. The summed E-state index contributed by atoms with van der Waals surface area (Å²) in [7, 11) is 1.59. The molecule has 1 aliphatic rings. The van der Waals surface area contributed by atoms with Crippen molar-refractivity contribution in [1.29, 1.82) is 0 Å². The van der Waals surface area contributed by atoms with Crippen molar-refractivity contribution in [2.75, 3.05) is 51.3 Å². The molecule has 2 amide bonds. The lowest BCUT2D eigenvalue weighted by Crippen LogP contribution is -2.49. The zero-order valence-electron chi connectivity index (χ0n) is 19.5. The number of nitrogens with one attached hydrogen (secondary N) is 1. The first kappa shape index (κ1) is 24.2. The van der Waals surface area contributed by atoms with Gasteiger partial charge in [-0.15, -0.1) is 0 Å². The maximum absolute atomic E-state index is 12.5. The number of piperazine rings is 1. The SMILES string of the molecule is CCCOc1ccc(/C=C/C(=O)NCCC(=O)N2CCN(c3ccccc3)CC2)cc1OC. The van der Waals surface area contributed by atoms with Gasteiger partial charge in [-0.2, -0.15) is 0 Å². The Balaban J connectivity index is 1.39. The van der Waals surface area contributed by atoms with Crippen molar-refractivity contribution in [2.24, 2.45) is 0 Å². The molecule has 2 aromatic carbocycles. The second-order valence-electron chi connectivity index (χ2n) is 7.84. The van der Waals surface area contributed by atoms with Crippen LogP contribution in [0.2, 0.25) is 0 Å². The number of amides is 2. The van der Waals surface area contributed by atoms with E-state index in [2.05, 4.69) is 22.3 Å². The molecule has 1 N–H and O–H groups in total. The lowest BCUT2D eigenvalue weighted by Gasteiger charge is -2.36. The number of hydrogen-bond donors (Lipinski definition) is 1. The van der Waals surface area contributed by atoms with Gasteiger partial charge in [0.05, 0.1) is 13.7 Å². The molecule has 0 radical (unpaired) electrons. The number of para-hydroxylation sites is 1. The molecule has 1 aliphatic heterocycles. The molecule has 0 bridgehead atoms. The summed E-state index contributed by atoms with van der Waals surface area (Å²) in [4.78, 5) is 28.8. The Morgan fingerprint density at radius 3 is 2.48 bits per heavy atom. The predicted molar refractivity (Wildman–Crippen MR) is 131 cm³/mol. The highest BCUT2D eigenvalue weighted by atomic mass is 16.5. The monoisotopic (exact) mass is 451 g/mol. The lowest BCUT2D eigenvalue weighted by molar-refractivity contribution is -0.131. The maximum Gasteiger partial charge on any atom is 0.244 e. The van der Waals surface area contributed by atoms with Crippen LogP contribution in [-0.2, 0) is 9.59 Å². The van der Waals surface area contributed by atoms with E-state index in [1.807, 2.05) is 48.2 Å². The minimum atomic E-state index is -0.234. The molecule has 2 aromatic rings. The van der Waals surface area contributed by atoms with E-state index >= 15 is 0 Å². The third kappa shape index (κ3) is 7.27. The van der Waals surface area contributed by atoms with E-state index < -0.39 is 0 Å². The third-order valence-corrected chi connectivity index (χ3v) is 5.47. The number of carbonyl (C=O) groups is 2. The fraction of sp³-hybridized carbons (Fsp3) is 0.385. The minimum Gasteiger partial charge on any atom is -0.493 e. The summed E-state index contributed by atoms with van der Waals surface area (Å²) >= 11 is 0. The summed E-state index contributed by atoms with van der Waals surface area (Å²) in [6.07, 6.45) is 4.39. The van der Waals surface area contributed by atoms with Gasteiger partial charge in [0.1, 0.15) is 0 Å². The molecule has 1 saturated heterocycles. The van der Waals surface area contributed by atoms with Crippen LogP contribution in [0.15, 0.2) is 54.6 Å². The van der Waals surface area contributed by atoms with Crippen LogP contribution in [0.4, 0.5) is 5.69 Å². The van der Waals surface area contributed by atoms with E-state index in [1.54, 1.807) is 13.2 Å². The van der Waals surface area contributed by atoms with Gasteiger partial charge in [0, 0.05) is 50.9 Å². The van der Waals surface area contributed by atoms with Crippen molar-refractivity contribution in [2.45, 2.75) is 19.8 Å². The van der Waals surface area contributed by atoms with Crippen LogP contribution in [-0.4, -0.2) is 63.2 Å². The molecule has 1 heterocycles. The van der Waals surface area contributed by atoms with Crippen LogP contribution in [0, 0.1) is 0 Å². The van der Waals surface area contributed by atoms with Gasteiger partial charge < -0.3 is 24.6 Å². The lowest BCUT2D eigenvalue weighted by atomic mass is 10.2. The highest BCUT2D eigenvalue weighted by Crippen LogP contribution is 2.28. The molecule has 3 rings (SSSR count). The van der Waals surface area contributed by atoms with E-state index in [1.165, 1.54) is 11.8 Å². The number of hydrogen-bond acceptors (Lipinski definition) is 5. The van der Waals surface area contributed by atoms with Crippen molar-refractivity contribution in [1.82, 2.24) is 10.2 Å². The molecule has 0 atom stereocenters. The van der Waals surface area contributed by atoms with E-state index in [9.17, 15) is 9.59 Å². The Morgan fingerprint density at radius 2 is 1.79 bits per heavy atom. The number of carbonyl (C=O) groups excluding carboxylic acids is 2. The number of methoxy groups -OCH3 is 1. The standard InChI is InChI=1S/C26H33N3O4/c1-3-19-33-23-11-9-21(20-24(23)32-2)10-12-25(30)27-14-13-26(31)29-17-15-28(16-18-29)22-7-5-4-6-8-22/h4-12,20H,3,13-19H2,1-2H3,(H,27,30)/b12-10+. The largest absolute Gasteiger partial charge is 0.493 e. The molecule has 7 heteroatoms. The molecule has 0 unspecified atom stereocenters. The summed E-state index contributed by atoms with van der Waals surface area (Å²) in [5, 5.41) is 2.79. The molecule has 176 valence electrons. The molecule has 0 spiro atoms. The maximum atomic E-state index is 12.5.